The van der Waals surface area contributed by atoms with Crippen LogP contribution in [0.4, 0.5) is 0 Å². The van der Waals surface area contributed by atoms with Gasteiger partial charge in [-0.1, -0.05) is 26.8 Å². The second kappa shape index (κ2) is 5.04. The van der Waals surface area contributed by atoms with E-state index in [0.29, 0.717) is 5.56 Å². The maximum absolute atomic E-state index is 11.0. The lowest BCUT2D eigenvalue weighted by atomic mass is 9.86. The van der Waals surface area contributed by atoms with Crippen molar-refractivity contribution < 1.29 is 14.6 Å². The predicted octanol–water partition coefficient (Wildman–Crippen LogP) is 2.88. The molecule has 0 saturated heterocycles. The van der Waals surface area contributed by atoms with Crippen molar-refractivity contribution in [3.05, 3.63) is 35.4 Å². The van der Waals surface area contributed by atoms with Gasteiger partial charge >= 0.3 is 5.97 Å². The summed E-state index contributed by atoms with van der Waals surface area (Å²) >= 11 is 0. The first kappa shape index (κ1) is 13.3. The zero-order chi connectivity index (χ0) is 13.1. The molecule has 1 rings (SSSR count). The highest BCUT2D eigenvalue weighted by atomic mass is 16.5. The molecule has 0 atom stereocenters. The fraction of sp³-hybridized carbons (Fsp3) is 0.357. The summed E-state index contributed by atoms with van der Waals surface area (Å²) in [5.74, 6) is -0.288. The van der Waals surface area contributed by atoms with Crippen molar-refractivity contribution in [1.29, 1.82) is 0 Å². The third-order valence-electron chi connectivity index (χ3n) is 2.49. The highest BCUT2D eigenvalue weighted by Crippen LogP contribution is 2.28. The van der Waals surface area contributed by atoms with Crippen LogP contribution in [0.15, 0.2) is 24.3 Å². The molecule has 0 radical (unpaired) electrons. The van der Waals surface area contributed by atoms with Gasteiger partial charge in [-0.25, -0.2) is 4.79 Å². The zero-order valence-corrected chi connectivity index (χ0v) is 10.7. The molecule has 0 amide bonds. The van der Waals surface area contributed by atoms with Crippen LogP contribution in [0.3, 0.4) is 0 Å². The Labute approximate surface area is 102 Å². The van der Waals surface area contributed by atoms with E-state index in [2.05, 4.69) is 25.5 Å². The minimum Gasteiger partial charge on any atom is -0.507 e. The number of phenolic OH excluding ortho intramolecular Hbond substituents is 1. The van der Waals surface area contributed by atoms with Crippen molar-refractivity contribution in [2.45, 2.75) is 26.2 Å². The third kappa shape index (κ3) is 3.63. The van der Waals surface area contributed by atoms with E-state index in [1.54, 1.807) is 12.1 Å². The normalized spacial score (nSPS) is 11.8. The molecule has 0 aromatic heterocycles. The third-order valence-corrected chi connectivity index (χ3v) is 2.49. The lowest BCUT2D eigenvalue weighted by Crippen LogP contribution is -2.10. The first-order chi connectivity index (χ1) is 7.84. The number of carbonyl (C=O) groups is 1. The van der Waals surface area contributed by atoms with E-state index in [1.807, 2.05) is 12.1 Å². The van der Waals surface area contributed by atoms with Gasteiger partial charge in [0.1, 0.15) is 5.75 Å². The van der Waals surface area contributed by atoms with Gasteiger partial charge in [0.15, 0.2) is 0 Å². The van der Waals surface area contributed by atoms with Gasteiger partial charge in [-0.2, -0.15) is 0 Å². The van der Waals surface area contributed by atoms with Crippen LogP contribution in [-0.4, -0.2) is 18.2 Å². The Hall–Kier alpha value is -1.77. The molecule has 0 aliphatic carbocycles. The number of methoxy groups -OCH3 is 1. The van der Waals surface area contributed by atoms with Crippen molar-refractivity contribution in [1.82, 2.24) is 0 Å². The number of esters is 1. The van der Waals surface area contributed by atoms with Gasteiger partial charge in [0.25, 0.3) is 0 Å². The molecule has 3 nitrogen and oxygen atoms in total. The minimum absolute atomic E-state index is 0.00154. The molecule has 1 aromatic rings. The lowest BCUT2D eigenvalue weighted by Gasteiger charge is -2.19. The Morgan fingerprint density at radius 3 is 2.53 bits per heavy atom. The summed E-state index contributed by atoms with van der Waals surface area (Å²) in [5.41, 5.74) is 1.71. The highest BCUT2D eigenvalue weighted by molar-refractivity contribution is 5.87. The maximum Gasteiger partial charge on any atom is 0.330 e. The minimum atomic E-state index is -0.439. The van der Waals surface area contributed by atoms with E-state index in [1.165, 1.54) is 13.2 Å². The van der Waals surface area contributed by atoms with Gasteiger partial charge < -0.3 is 9.84 Å². The van der Waals surface area contributed by atoms with Gasteiger partial charge in [-0.3, -0.25) is 0 Å². The predicted molar refractivity (Wildman–Crippen MR) is 67.9 cm³/mol. The van der Waals surface area contributed by atoms with Gasteiger partial charge in [0, 0.05) is 11.6 Å². The Kier molecular flexibility index (Phi) is 3.94. The van der Waals surface area contributed by atoms with Crippen LogP contribution in [0.5, 0.6) is 5.75 Å². The molecule has 1 aromatic carbocycles. The Morgan fingerprint density at radius 1 is 1.35 bits per heavy atom. The molecular formula is C14H18O3. The van der Waals surface area contributed by atoms with Gasteiger partial charge in [-0.15, -0.1) is 0 Å². The SMILES string of the molecule is COC(=O)C=Cc1cc(C(C)(C)C)ccc1O. The molecule has 0 spiro atoms. The van der Waals surface area contributed by atoms with E-state index < -0.39 is 5.97 Å². The number of ether oxygens (including phenoxy) is 1. The summed E-state index contributed by atoms with van der Waals surface area (Å²) in [6, 6.07) is 5.39. The van der Waals surface area contributed by atoms with Crippen molar-refractivity contribution in [3.8, 4) is 5.75 Å². The largest absolute Gasteiger partial charge is 0.507 e. The smallest absolute Gasteiger partial charge is 0.330 e. The highest BCUT2D eigenvalue weighted by Gasteiger charge is 2.14. The first-order valence-electron chi connectivity index (χ1n) is 5.44. The van der Waals surface area contributed by atoms with E-state index in [9.17, 15) is 9.90 Å². The van der Waals surface area contributed by atoms with Gasteiger partial charge in [0.05, 0.1) is 7.11 Å². The molecule has 0 unspecified atom stereocenters. The molecule has 92 valence electrons. The number of rotatable bonds is 2. The molecule has 0 heterocycles. The summed E-state index contributed by atoms with van der Waals surface area (Å²) in [6.45, 7) is 6.27. The molecule has 3 heteroatoms. The molecule has 0 saturated carbocycles. The molecule has 1 N–H and O–H groups in total. The van der Waals surface area contributed by atoms with Crippen LogP contribution in [0.2, 0.25) is 0 Å². The summed E-state index contributed by atoms with van der Waals surface area (Å²) < 4.78 is 4.50. The monoisotopic (exact) mass is 234 g/mol. The van der Waals surface area contributed by atoms with Crippen LogP contribution < -0.4 is 0 Å². The zero-order valence-electron chi connectivity index (χ0n) is 10.7. The van der Waals surface area contributed by atoms with Crippen molar-refractivity contribution in [2.24, 2.45) is 0 Å². The molecule has 17 heavy (non-hydrogen) atoms. The molecule has 0 aliphatic heterocycles. The van der Waals surface area contributed by atoms with E-state index in [4.69, 9.17) is 0 Å². The van der Waals surface area contributed by atoms with Crippen LogP contribution in [0.25, 0.3) is 6.08 Å². The number of phenols is 1. The number of aromatic hydroxyl groups is 1. The molecular weight excluding hydrogens is 216 g/mol. The van der Waals surface area contributed by atoms with Gasteiger partial charge in [0.2, 0.25) is 0 Å². The second-order valence-corrected chi connectivity index (χ2v) is 4.88. The van der Waals surface area contributed by atoms with Crippen LogP contribution in [-0.2, 0) is 14.9 Å². The summed E-state index contributed by atoms with van der Waals surface area (Å²) in [5, 5.41) is 9.68. The topological polar surface area (TPSA) is 46.5 Å². The van der Waals surface area contributed by atoms with Crippen LogP contribution in [0, 0.1) is 0 Å². The van der Waals surface area contributed by atoms with Crippen molar-refractivity contribution >= 4 is 12.0 Å². The van der Waals surface area contributed by atoms with Crippen molar-refractivity contribution in [3.63, 3.8) is 0 Å². The number of hydrogen-bond donors (Lipinski definition) is 1. The standard InChI is InChI=1S/C14H18O3/c1-14(2,3)11-6-7-12(15)10(9-11)5-8-13(16)17-4/h5-9,15H,1-4H3. The van der Waals surface area contributed by atoms with E-state index in [0.717, 1.165) is 5.56 Å². The fourth-order valence-electron chi connectivity index (χ4n) is 1.38. The fourth-order valence-corrected chi connectivity index (χ4v) is 1.38. The Morgan fingerprint density at radius 2 is 2.00 bits per heavy atom. The van der Waals surface area contributed by atoms with Gasteiger partial charge in [-0.05, 0) is 29.2 Å². The quantitative estimate of drug-likeness (QED) is 0.632. The summed E-state index contributed by atoms with van der Waals surface area (Å²) in [4.78, 5) is 11.0. The molecule has 0 fully saturated rings. The average molecular weight is 234 g/mol. The lowest BCUT2D eigenvalue weighted by molar-refractivity contribution is -0.134. The van der Waals surface area contributed by atoms with Crippen LogP contribution >= 0.6 is 0 Å². The number of hydrogen-bond acceptors (Lipinski definition) is 3. The van der Waals surface area contributed by atoms with Crippen molar-refractivity contribution in [2.75, 3.05) is 7.11 Å². The van der Waals surface area contributed by atoms with E-state index >= 15 is 0 Å². The number of benzene rings is 1. The van der Waals surface area contributed by atoms with Crippen LogP contribution in [0.1, 0.15) is 31.9 Å². The Bertz CT molecular complexity index is 439. The van der Waals surface area contributed by atoms with E-state index in [-0.39, 0.29) is 11.2 Å². The first-order valence-corrected chi connectivity index (χ1v) is 5.44. The average Bonchev–Trinajstić information content (AvgIpc) is 2.26. The number of carbonyl (C=O) groups excluding carboxylic acids is 1. The molecule has 0 bridgehead atoms. The summed E-state index contributed by atoms with van der Waals surface area (Å²) in [6.07, 6.45) is 2.85. The molecule has 0 aliphatic rings. The Balaban J connectivity index is 3.07. The maximum atomic E-state index is 11.0. The summed E-state index contributed by atoms with van der Waals surface area (Å²) in [7, 11) is 1.32. The second-order valence-electron chi connectivity index (χ2n) is 4.88.